The van der Waals surface area contributed by atoms with Crippen molar-refractivity contribution >= 4 is 74.2 Å². The lowest BCUT2D eigenvalue weighted by Gasteiger charge is -2.27. The zero-order valence-electron chi connectivity index (χ0n) is 35.6. The van der Waals surface area contributed by atoms with Gasteiger partial charge in [-0.1, -0.05) is 107 Å². The summed E-state index contributed by atoms with van der Waals surface area (Å²) in [5.74, 6) is -7.62. The highest BCUT2D eigenvalue weighted by atomic mass is 79.9. The van der Waals surface area contributed by atoms with Gasteiger partial charge in [0.1, 0.15) is 18.1 Å². The van der Waals surface area contributed by atoms with Crippen molar-refractivity contribution in [3.63, 3.8) is 0 Å². The quantitative estimate of drug-likeness (QED) is 0.0844. The maximum absolute atomic E-state index is 14.7. The van der Waals surface area contributed by atoms with Crippen LogP contribution in [0.3, 0.4) is 0 Å². The number of halogens is 1. The molecule has 15 nitrogen and oxygen atoms in total. The standard InChI is InChI=1S/C49H50BrN5O10S/c50-34-18-13-32(14-19-34)25-38-45(60)52-37(22-17-29-8-3-1-4-9-29)41(56)27-33(44(59)55-40(49(64)65)26-30-10-5-2-6-11-30)24-31-15-20-35(21-16-31)51-47(62)42(57)43(58)48(63)54-39(46(61)53-38)28-36-12-7-23-66-36/h1-16,18-21,23,33,37-40,42-43,57-58H,17,22,24-28H2,(H,51,62)(H,52,60)(H,53,61)(H,54,63)(H,55,59)(H,64,65)/t33-,37-,38+,39-,40-,42+,43+/m0/s1. The molecular formula is C49H50BrN5O10S. The Labute approximate surface area is 393 Å². The Balaban J connectivity index is 1.38. The number of amides is 5. The third-order valence-electron chi connectivity index (χ3n) is 11.1. The second-order valence-electron chi connectivity index (χ2n) is 16.1. The van der Waals surface area contributed by atoms with E-state index in [-0.39, 0.29) is 37.8 Å². The molecule has 7 atom stereocenters. The Bertz CT molecular complexity index is 2460. The molecule has 0 saturated carbocycles. The molecule has 0 aliphatic carbocycles. The van der Waals surface area contributed by atoms with Crippen LogP contribution in [-0.4, -0.2) is 93.0 Å². The Morgan fingerprint density at radius 3 is 1.86 bits per heavy atom. The molecule has 0 spiro atoms. The summed E-state index contributed by atoms with van der Waals surface area (Å²) < 4.78 is 0.760. The molecule has 8 N–H and O–H groups in total. The Hall–Kier alpha value is -6.53. The van der Waals surface area contributed by atoms with Crippen molar-refractivity contribution in [3.05, 3.63) is 158 Å². The van der Waals surface area contributed by atoms with Crippen molar-refractivity contribution in [2.24, 2.45) is 5.92 Å². The molecule has 0 radical (unpaired) electrons. The maximum Gasteiger partial charge on any atom is 0.326 e. The number of Topliss-reactive ketones (excluding diaryl/α,β-unsaturated/α-hetero) is 1. The van der Waals surface area contributed by atoms with Crippen LogP contribution in [0.2, 0.25) is 0 Å². The summed E-state index contributed by atoms with van der Waals surface area (Å²) in [7, 11) is 0. The van der Waals surface area contributed by atoms with Crippen LogP contribution in [-0.2, 0) is 65.7 Å². The number of carboxylic acid groups (broad SMARTS) is 1. The molecule has 5 aromatic rings. The van der Waals surface area contributed by atoms with Crippen LogP contribution in [0, 0.1) is 5.92 Å². The molecule has 2 aliphatic rings. The predicted molar refractivity (Wildman–Crippen MR) is 250 cm³/mol. The van der Waals surface area contributed by atoms with Gasteiger partial charge in [0.15, 0.2) is 18.0 Å². The summed E-state index contributed by atoms with van der Waals surface area (Å²) in [6.45, 7) is 0. The van der Waals surface area contributed by atoms with E-state index < -0.39 is 90.0 Å². The summed E-state index contributed by atoms with van der Waals surface area (Å²) in [6, 6.07) is 29.2. The van der Waals surface area contributed by atoms with Crippen LogP contribution in [0.4, 0.5) is 5.69 Å². The minimum atomic E-state index is -2.31. The number of benzene rings is 4. The zero-order chi connectivity index (χ0) is 47.2. The van der Waals surface area contributed by atoms with Crippen LogP contribution in [0.25, 0.3) is 0 Å². The number of carbonyl (C=O) groups excluding carboxylic acids is 6. The molecule has 17 heteroatoms. The van der Waals surface area contributed by atoms with Crippen molar-refractivity contribution in [2.45, 2.75) is 81.3 Å². The average Bonchev–Trinajstić information content (AvgIpc) is 3.83. The van der Waals surface area contributed by atoms with E-state index in [0.29, 0.717) is 28.0 Å². The number of thiophene rings is 1. The topological polar surface area (TPSA) is 240 Å². The van der Waals surface area contributed by atoms with Crippen molar-refractivity contribution in [2.75, 3.05) is 5.32 Å². The number of hydrogen-bond acceptors (Lipinski definition) is 10. The second kappa shape index (κ2) is 23.6. The van der Waals surface area contributed by atoms with Gasteiger partial charge in [0.25, 0.3) is 11.8 Å². The number of aryl methyl sites for hydroxylation is 1. The SMILES string of the molecule is O=C(N[C@@H](Cc1ccccc1)C(=O)O)[C@@H]1CC(=O)[C@H](CCc2ccccc2)NC(=O)[C@@H](Cc2ccc(Br)cc2)NC(=O)[C@H](Cc2cccs2)NC(=O)[C@H](O)[C@@H](O)C(=O)Nc2ccc(cc2)C1. The first-order valence-corrected chi connectivity index (χ1v) is 23.0. The molecule has 0 saturated heterocycles. The molecule has 66 heavy (non-hydrogen) atoms. The number of fused-ring (bicyclic) bond motifs is 18. The smallest absolute Gasteiger partial charge is 0.326 e. The lowest BCUT2D eigenvalue weighted by Crippen LogP contribution is -2.58. The van der Waals surface area contributed by atoms with E-state index in [1.54, 1.807) is 84.2 Å². The van der Waals surface area contributed by atoms with Gasteiger partial charge >= 0.3 is 5.97 Å². The van der Waals surface area contributed by atoms with Gasteiger partial charge in [-0.15, -0.1) is 11.3 Å². The van der Waals surface area contributed by atoms with E-state index in [2.05, 4.69) is 42.5 Å². The van der Waals surface area contributed by atoms with Crippen LogP contribution < -0.4 is 26.6 Å². The highest BCUT2D eigenvalue weighted by Crippen LogP contribution is 2.21. The fraction of sp³-hybridized carbons (Fsp3) is 0.286. The molecule has 7 rings (SSSR count). The van der Waals surface area contributed by atoms with Crippen LogP contribution in [0.5, 0.6) is 0 Å². The number of carboxylic acids is 1. The molecule has 344 valence electrons. The summed E-state index contributed by atoms with van der Waals surface area (Å²) >= 11 is 4.70. The third-order valence-corrected chi connectivity index (χ3v) is 12.6. The first-order chi connectivity index (χ1) is 31.7. The number of anilines is 1. The van der Waals surface area contributed by atoms with Gasteiger partial charge in [-0.25, -0.2) is 4.79 Å². The lowest BCUT2D eigenvalue weighted by atomic mass is 9.89. The Morgan fingerprint density at radius 1 is 0.652 bits per heavy atom. The number of rotatable bonds is 12. The van der Waals surface area contributed by atoms with Crippen molar-refractivity contribution in [3.8, 4) is 0 Å². The summed E-state index contributed by atoms with van der Waals surface area (Å²) in [6.07, 6.45) is -4.83. The first-order valence-electron chi connectivity index (χ1n) is 21.3. The van der Waals surface area contributed by atoms with Gasteiger partial charge in [0, 0.05) is 46.6 Å². The lowest BCUT2D eigenvalue weighted by molar-refractivity contribution is -0.144. The van der Waals surface area contributed by atoms with E-state index >= 15 is 0 Å². The minimum absolute atomic E-state index is 0.0337. The van der Waals surface area contributed by atoms with Crippen LogP contribution in [0.1, 0.15) is 40.0 Å². The molecule has 2 aliphatic heterocycles. The second-order valence-corrected chi connectivity index (χ2v) is 18.0. The summed E-state index contributed by atoms with van der Waals surface area (Å²) in [5.41, 5.74) is 2.83. The highest BCUT2D eigenvalue weighted by molar-refractivity contribution is 9.10. The zero-order valence-corrected chi connectivity index (χ0v) is 38.0. The van der Waals surface area contributed by atoms with Crippen molar-refractivity contribution in [1.29, 1.82) is 0 Å². The third kappa shape index (κ3) is 14.2. The molecule has 0 unspecified atom stereocenters. The van der Waals surface area contributed by atoms with Crippen LogP contribution >= 0.6 is 27.3 Å². The Kier molecular flexibility index (Phi) is 17.5. The van der Waals surface area contributed by atoms with Gasteiger partial charge in [0.05, 0.1) is 6.04 Å². The monoisotopic (exact) mass is 979 g/mol. The van der Waals surface area contributed by atoms with Gasteiger partial charge in [-0.05, 0) is 77.2 Å². The summed E-state index contributed by atoms with van der Waals surface area (Å²) in [5, 5.41) is 46.7. The van der Waals surface area contributed by atoms with Gasteiger partial charge in [0.2, 0.25) is 17.7 Å². The number of hydrogen-bond donors (Lipinski definition) is 8. The van der Waals surface area contributed by atoms with Crippen molar-refractivity contribution < 1.29 is 48.9 Å². The average molecular weight is 981 g/mol. The van der Waals surface area contributed by atoms with E-state index in [9.17, 15) is 48.9 Å². The van der Waals surface area contributed by atoms with E-state index in [0.717, 1.165) is 10.0 Å². The van der Waals surface area contributed by atoms with Gasteiger partial charge in [-0.2, -0.15) is 0 Å². The fourth-order valence-corrected chi connectivity index (χ4v) is 8.49. The molecule has 3 heterocycles. The number of ketones is 1. The van der Waals surface area contributed by atoms with Crippen LogP contribution in [0.15, 0.2) is 131 Å². The van der Waals surface area contributed by atoms with Crippen molar-refractivity contribution in [1.82, 2.24) is 21.3 Å². The summed E-state index contributed by atoms with van der Waals surface area (Å²) in [4.78, 5) is 97.5. The molecule has 5 amide bonds. The number of aliphatic carboxylic acids is 1. The molecular weight excluding hydrogens is 931 g/mol. The number of aliphatic hydroxyl groups is 2. The number of aliphatic hydroxyl groups excluding tert-OH is 2. The molecule has 4 aromatic carbocycles. The van der Waals surface area contributed by atoms with E-state index in [1.165, 1.54) is 23.5 Å². The van der Waals surface area contributed by atoms with E-state index in [1.807, 2.05) is 30.3 Å². The molecule has 1 aromatic heterocycles. The largest absolute Gasteiger partial charge is 0.480 e. The number of carbonyl (C=O) groups is 7. The fourth-order valence-electron chi connectivity index (χ4n) is 7.47. The first kappa shape index (κ1) is 48.9. The van der Waals surface area contributed by atoms with Gasteiger partial charge in [-0.3, -0.25) is 28.8 Å². The number of nitrogens with one attached hydrogen (secondary N) is 5. The van der Waals surface area contributed by atoms with E-state index in [4.69, 9.17) is 0 Å². The minimum Gasteiger partial charge on any atom is -0.480 e. The predicted octanol–water partition coefficient (Wildman–Crippen LogP) is 3.69. The maximum atomic E-state index is 14.7. The Morgan fingerprint density at radius 2 is 1.24 bits per heavy atom. The van der Waals surface area contributed by atoms with Gasteiger partial charge < -0.3 is 41.9 Å². The normalized spacial score (nSPS) is 21.6. The highest BCUT2D eigenvalue weighted by Gasteiger charge is 2.36. The molecule has 0 fully saturated rings. The molecule has 2 bridgehead atoms.